The van der Waals surface area contributed by atoms with Gasteiger partial charge in [0.15, 0.2) is 0 Å². The van der Waals surface area contributed by atoms with Crippen LogP contribution in [0.15, 0.2) is 582 Å². The molecule has 0 N–H and O–H groups in total. The summed E-state index contributed by atoms with van der Waals surface area (Å²) in [5, 5.41) is 19.8. The number of anilines is 9. The van der Waals surface area contributed by atoms with Crippen molar-refractivity contribution in [2.24, 2.45) is 0 Å². The zero-order valence-electron chi connectivity index (χ0n) is 81.5. The predicted octanol–water partition coefficient (Wildman–Crippen LogP) is 40.1. The molecule has 0 saturated carbocycles. The third kappa shape index (κ3) is 16.4. The van der Waals surface area contributed by atoms with Crippen molar-refractivity contribution < 1.29 is 0 Å². The highest BCUT2D eigenvalue weighted by atomic mass is 32.1. The molecule has 0 unspecified atom stereocenters. The van der Waals surface area contributed by atoms with E-state index in [1.807, 2.05) is 11.3 Å². The first-order chi connectivity index (χ1) is 73.9. The average molecular weight is 1920 g/mol. The Hall–Kier alpha value is -19.4. The van der Waals surface area contributed by atoms with Gasteiger partial charge in [0.2, 0.25) is 0 Å². The maximum Gasteiger partial charge on any atom is 0.0640 e. The second-order valence-electron chi connectivity index (χ2n) is 38.2. The molecule has 0 spiro atoms. The Morgan fingerprint density at radius 1 is 0.148 bits per heavy atom. The normalized spacial score (nSPS) is 11.5. The average Bonchev–Trinajstić information content (AvgIpc) is 1.60. The molecule has 0 bridgehead atoms. The van der Waals surface area contributed by atoms with Crippen LogP contribution in [0.3, 0.4) is 0 Å². The van der Waals surface area contributed by atoms with E-state index in [4.69, 9.17) is 0 Å². The maximum absolute atomic E-state index is 2.50. The van der Waals surface area contributed by atoms with Crippen LogP contribution < -0.4 is 14.7 Å². The van der Waals surface area contributed by atoms with Crippen LogP contribution in [0.25, 0.3) is 201 Å². The van der Waals surface area contributed by atoms with E-state index < -0.39 is 0 Å². The summed E-state index contributed by atoms with van der Waals surface area (Å²) in [4.78, 5) is 7.27. The van der Waals surface area contributed by atoms with Crippen molar-refractivity contribution in [2.45, 2.75) is 0 Å². The Morgan fingerprint density at radius 3 is 1.09 bits per heavy atom. The molecule has 6 nitrogen and oxygen atoms in total. The van der Waals surface area contributed by atoms with Crippen LogP contribution >= 0.6 is 11.3 Å². The molecule has 29 rings (SSSR count). The zero-order chi connectivity index (χ0) is 98.6. The number of rotatable bonds is 17. The molecule has 0 aliphatic heterocycles. The number of aromatic nitrogens is 3. The van der Waals surface area contributed by atoms with E-state index in [1.165, 1.54) is 196 Å². The van der Waals surface area contributed by atoms with Crippen LogP contribution in [0.1, 0.15) is 0 Å². The number of fused-ring (bicyclic) bond motifs is 17. The number of nitrogens with zero attached hydrogens (tertiary/aromatic N) is 6. The van der Waals surface area contributed by atoms with Gasteiger partial charge in [0, 0.05) is 126 Å². The molecule has 700 valence electrons. The quantitative estimate of drug-likeness (QED) is 0.0908. The molecule has 0 atom stereocenters. The highest BCUT2D eigenvalue weighted by Gasteiger charge is 2.28. The van der Waals surface area contributed by atoms with Gasteiger partial charge in [-0.15, -0.1) is 11.3 Å². The molecule has 0 amide bonds. The van der Waals surface area contributed by atoms with Crippen molar-refractivity contribution in [3.8, 4) is 72.7 Å². The number of benzene rings is 25. The minimum absolute atomic E-state index is 1.11. The third-order valence-electron chi connectivity index (χ3n) is 29.4. The fraction of sp³-hybridized carbons (Fsp3) is 0. The van der Waals surface area contributed by atoms with E-state index in [2.05, 4.69) is 611 Å². The summed E-state index contributed by atoms with van der Waals surface area (Å²) in [6.45, 7) is 0. The summed E-state index contributed by atoms with van der Waals surface area (Å²) < 4.78 is 9.87. The lowest BCUT2D eigenvalue weighted by Gasteiger charge is -2.29. The third-order valence-corrected chi connectivity index (χ3v) is 30.6. The van der Waals surface area contributed by atoms with E-state index >= 15 is 0 Å². The molecule has 4 aromatic heterocycles. The van der Waals surface area contributed by atoms with Crippen molar-refractivity contribution in [3.05, 3.63) is 582 Å². The van der Waals surface area contributed by atoms with E-state index in [9.17, 15) is 0 Å². The number of hydrogen-bond acceptors (Lipinski definition) is 4. The Balaban J connectivity index is 0.000000110. The monoisotopic (exact) mass is 1920 g/mol. The lowest BCUT2D eigenvalue weighted by Crippen LogP contribution is -2.11. The second kappa shape index (κ2) is 38.3. The molecule has 0 saturated heterocycles. The maximum atomic E-state index is 2.50. The Kier molecular flexibility index (Phi) is 22.8. The molecule has 7 heteroatoms. The van der Waals surface area contributed by atoms with Crippen molar-refractivity contribution in [2.75, 3.05) is 14.7 Å². The van der Waals surface area contributed by atoms with Gasteiger partial charge in [-0.1, -0.05) is 413 Å². The van der Waals surface area contributed by atoms with Crippen molar-refractivity contribution in [3.63, 3.8) is 0 Å². The van der Waals surface area contributed by atoms with Gasteiger partial charge >= 0.3 is 0 Å². The van der Waals surface area contributed by atoms with E-state index in [0.29, 0.717) is 0 Å². The van der Waals surface area contributed by atoms with Gasteiger partial charge in [0.05, 0.1) is 44.5 Å². The number of thiophene rings is 1. The van der Waals surface area contributed by atoms with Crippen LogP contribution in [0.5, 0.6) is 0 Å². The molecule has 0 aliphatic rings. The molecule has 0 fully saturated rings. The van der Waals surface area contributed by atoms with Gasteiger partial charge in [-0.3, -0.25) is 0 Å². The van der Waals surface area contributed by atoms with Crippen LogP contribution in [0.2, 0.25) is 0 Å². The summed E-state index contributed by atoms with van der Waals surface area (Å²) >= 11 is 1.86. The molecular weight excluding hydrogens is 1820 g/mol. The Labute approximate surface area is 868 Å². The minimum atomic E-state index is 1.11. The summed E-state index contributed by atoms with van der Waals surface area (Å²) in [6, 6.07) is 211. The molecule has 25 aromatic carbocycles. The number of hydrogen-bond donors (Lipinski definition) is 0. The van der Waals surface area contributed by atoms with Gasteiger partial charge in [0.1, 0.15) is 0 Å². The lowest BCUT2D eigenvalue weighted by molar-refractivity contribution is 1.18. The highest BCUT2D eigenvalue weighted by molar-refractivity contribution is 7.25. The first kappa shape index (κ1) is 88.5. The van der Waals surface area contributed by atoms with Crippen LogP contribution in [0, 0.1) is 0 Å². The van der Waals surface area contributed by atoms with Crippen LogP contribution in [-0.2, 0) is 0 Å². The molecule has 4 heterocycles. The van der Waals surface area contributed by atoms with Gasteiger partial charge in [0.25, 0.3) is 0 Å². The first-order valence-corrected chi connectivity index (χ1v) is 51.8. The summed E-state index contributed by atoms with van der Waals surface area (Å²) in [5.74, 6) is 0. The van der Waals surface area contributed by atoms with Crippen LogP contribution in [-0.4, -0.2) is 13.7 Å². The van der Waals surface area contributed by atoms with Crippen molar-refractivity contribution >= 4 is 191 Å². The fourth-order valence-corrected chi connectivity index (χ4v) is 23.6. The summed E-state index contributed by atoms with van der Waals surface area (Å²) in [6.07, 6.45) is 0. The van der Waals surface area contributed by atoms with Crippen molar-refractivity contribution in [1.82, 2.24) is 13.7 Å². The first-order valence-electron chi connectivity index (χ1n) is 51.0. The van der Waals surface area contributed by atoms with Crippen LogP contribution in [0.4, 0.5) is 51.2 Å². The predicted molar refractivity (Wildman–Crippen MR) is 636 cm³/mol. The van der Waals surface area contributed by atoms with Gasteiger partial charge in [-0.2, -0.15) is 0 Å². The molecule has 149 heavy (non-hydrogen) atoms. The second-order valence-corrected chi connectivity index (χ2v) is 39.3. The highest BCUT2D eigenvalue weighted by Crippen LogP contribution is 2.52. The van der Waals surface area contributed by atoms with E-state index in [1.54, 1.807) is 0 Å². The van der Waals surface area contributed by atoms with Gasteiger partial charge < -0.3 is 28.4 Å². The molecule has 0 aliphatic carbocycles. The van der Waals surface area contributed by atoms with Crippen molar-refractivity contribution in [1.29, 1.82) is 0 Å². The Bertz CT molecular complexity index is 9960. The van der Waals surface area contributed by atoms with E-state index in [0.717, 1.165) is 56.9 Å². The molecular formula is C142H96N6S. The topological polar surface area (TPSA) is 24.5 Å². The fourth-order valence-electron chi connectivity index (χ4n) is 22.5. The lowest BCUT2D eigenvalue weighted by atomic mass is 9.99. The SMILES string of the molecule is c1ccc(-c2ccc(N(c3ccc(-c4ccccc4)cc3)c3ccc4c(c3)c3ccc5ccccc5c3n4-c3ccccc3)cc2)cc1.c1ccc(-c2ccc(N(c3ccc4cc5c(cc4c3)c3ccccc3n5-c3ccccc3)c3ccc4c(c3)sc3ccccc34)cc2)cc1.c1ccc(-c2ccc(N(c3cccc4ccccc34)c3c4ccccc4cc4c3c3ccccc3n4-c3cccc(-c4ccccc4)c3)cc2)cc1. The zero-order valence-corrected chi connectivity index (χ0v) is 82.3. The standard InChI is InChI=1S/C50H34N2.C46H30N2S.C46H32N2/c1-3-15-35(16-4-1)37-29-31-41(32-30-37)52(46-28-14-21-38-19-7-9-24-43(38)46)50-44-25-10-8-20-40(44)34-48-49(50)45-26-11-12-27-47(45)51(48)42-23-13-22-39(33-42)36-17-5-2-6-18-36;1-3-11-31(12-4-1)32-19-22-36(23-20-32)47(38-25-26-41-40-16-8-10-18-45(40)49-46(41)30-38)37-24-21-33-29-44-42(28-34(33)27-37)39-15-7-9-17-43(39)48(44)35-13-5-2-6-14-35;1-4-12-33(13-5-1)35-20-25-39(26-21-35)47(40-27-22-36(23-28-40)34-14-6-2-7-15-34)41-29-31-45-44(32-41)43-30-24-37-16-10-11-19-42(37)46(43)48(45)38-17-8-3-9-18-38/h1-34H;1-30H;1-32H. The molecule has 0 radical (unpaired) electrons. The number of para-hydroxylation sites is 4. The smallest absolute Gasteiger partial charge is 0.0640 e. The van der Waals surface area contributed by atoms with Gasteiger partial charge in [-0.05, 0) is 252 Å². The van der Waals surface area contributed by atoms with Gasteiger partial charge in [-0.25, -0.2) is 0 Å². The minimum Gasteiger partial charge on any atom is -0.310 e. The summed E-state index contributed by atoms with van der Waals surface area (Å²) in [7, 11) is 0. The van der Waals surface area contributed by atoms with E-state index in [-0.39, 0.29) is 0 Å². The molecule has 29 aromatic rings. The largest absolute Gasteiger partial charge is 0.310 e. The Morgan fingerprint density at radius 2 is 0.503 bits per heavy atom. The summed E-state index contributed by atoms with van der Waals surface area (Å²) in [5.41, 5.74) is 32.9.